The molecule has 166 valence electrons. The molecule has 0 unspecified atom stereocenters. The Bertz CT molecular complexity index is 899. The van der Waals surface area contributed by atoms with E-state index < -0.39 is 0 Å². The number of aromatic nitrogens is 2. The molecule has 2 atom stereocenters. The van der Waals surface area contributed by atoms with Gasteiger partial charge in [0.05, 0.1) is 6.54 Å². The second kappa shape index (κ2) is 9.62. The zero-order valence-corrected chi connectivity index (χ0v) is 18.3. The van der Waals surface area contributed by atoms with Crippen molar-refractivity contribution in [1.82, 2.24) is 9.97 Å². The molecule has 1 saturated carbocycles. The van der Waals surface area contributed by atoms with Crippen molar-refractivity contribution in [2.75, 3.05) is 23.3 Å². The average Bonchev–Trinajstić information content (AvgIpc) is 3.42. The Balaban J connectivity index is 1.36. The number of ether oxygens (including phenoxy) is 1. The van der Waals surface area contributed by atoms with E-state index in [4.69, 9.17) is 4.74 Å². The van der Waals surface area contributed by atoms with E-state index in [1.165, 1.54) is 19.2 Å². The van der Waals surface area contributed by atoms with Gasteiger partial charge in [0.2, 0.25) is 5.82 Å². The molecule has 1 aromatic carbocycles. The summed E-state index contributed by atoms with van der Waals surface area (Å²) in [4.78, 5) is 21.6. The molecule has 0 spiro atoms. The molecule has 1 aliphatic heterocycles. The van der Waals surface area contributed by atoms with Gasteiger partial charge in [0.25, 0.3) is 0 Å². The fraction of sp³-hybridized carbons (Fsp3) is 0.542. The first-order valence-electron chi connectivity index (χ1n) is 11.3. The molecule has 2 fully saturated rings. The van der Waals surface area contributed by atoms with Crippen molar-refractivity contribution < 1.29 is 13.9 Å². The van der Waals surface area contributed by atoms with Gasteiger partial charge < -0.3 is 19.7 Å². The number of rotatable bonds is 8. The number of hydrogen-bond donors (Lipinski definition) is 1. The Labute approximate surface area is 183 Å². The summed E-state index contributed by atoms with van der Waals surface area (Å²) in [6.45, 7) is 4.95. The van der Waals surface area contributed by atoms with Gasteiger partial charge in [-0.15, -0.1) is 0 Å². The van der Waals surface area contributed by atoms with E-state index in [2.05, 4.69) is 22.2 Å². The number of Topliss-reactive ketones (excluding diaryl/α,β-unsaturated/α-hetero) is 1. The first kappa shape index (κ1) is 21.5. The minimum Gasteiger partial charge on any atom is -0.489 e. The largest absolute Gasteiger partial charge is 0.489 e. The third-order valence-corrected chi connectivity index (χ3v) is 6.26. The predicted octanol–water partition coefficient (Wildman–Crippen LogP) is 4.71. The van der Waals surface area contributed by atoms with E-state index in [9.17, 15) is 4.79 Å². The average molecular weight is 427 g/mol. The summed E-state index contributed by atoms with van der Waals surface area (Å²) >= 11 is 0. The summed E-state index contributed by atoms with van der Waals surface area (Å²) in [7, 11) is 0. The number of nitrogens with one attached hydrogen (secondary N) is 1. The van der Waals surface area contributed by atoms with Crippen molar-refractivity contribution in [2.24, 2.45) is 0 Å². The lowest BCUT2D eigenvalue weighted by molar-refractivity contribution is -0.117. The van der Waals surface area contributed by atoms with Crippen molar-refractivity contribution in [3.63, 3.8) is 0 Å². The topological polar surface area (TPSA) is 67.3 Å². The molecule has 0 radical (unpaired) electrons. The number of anilines is 2. The minimum absolute atomic E-state index is 0.0268. The Hall–Kier alpha value is -2.70. The summed E-state index contributed by atoms with van der Waals surface area (Å²) in [6.07, 6.45) is 7.23. The Kier molecular flexibility index (Phi) is 6.68. The smallest absolute Gasteiger partial charge is 0.207 e. The quantitative estimate of drug-likeness (QED) is 0.659. The molecule has 2 aromatic rings. The van der Waals surface area contributed by atoms with Gasteiger partial charge in [-0.3, -0.25) is 0 Å². The maximum Gasteiger partial charge on any atom is 0.207 e. The molecule has 1 aromatic heterocycles. The number of nitrogens with zero attached hydrogens (tertiary/aromatic N) is 3. The lowest BCUT2D eigenvalue weighted by Crippen LogP contribution is -2.27. The lowest BCUT2D eigenvalue weighted by atomic mass is 9.96. The van der Waals surface area contributed by atoms with Gasteiger partial charge in [-0.25, -0.2) is 9.97 Å². The van der Waals surface area contributed by atoms with Crippen LogP contribution in [0.4, 0.5) is 16.0 Å². The van der Waals surface area contributed by atoms with Crippen molar-refractivity contribution in [3.8, 4) is 5.75 Å². The number of halogens is 1. The van der Waals surface area contributed by atoms with Crippen LogP contribution in [-0.4, -0.2) is 41.0 Å². The van der Waals surface area contributed by atoms with Gasteiger partial charge >= 0.3 is 0 Å². The zero-order valence-electron chi connectivity index (χ0n) is 18.3. The van der Waals surface area contributed by atoms with E-state index in [1.54, 1.807) is 6.92 Å². The summed E-state index contributed by atoms with van der Waals surface area (Å²) in [5, 5.41) is 3.24. The molecule has 1 N–H and O–H groups in total. The summed E-state index contributed by atoms with van der Waals surface area (Å²) < 4.78 is 21.2. The third kappa shape index (κ3) is 5.32. The summed E-state index contributed by atoms with van der Waals surface area (Å²) in [5.74, 6) is 1.45. The Morgan fingerprint density at radius 2 is 1.97 bits per heavy atom. The summed E-state index contributed by atoms with van der Waals surface area (Å²) in [6, 6.07) is 8.22. The van der Waals surface area contributed by atoms with E-state index in [-0.39, 0.29) is 23.6 Å². The number of carbonyl (C=O) groups is 1. The zero-order chi connectivity index (χ0) is 21.8. The molecular formula is C24H31FN4O2. The van der Waals surface area contributed by atoms with Gasteiger partial charge in [-0.2, -0.15) is 4.39 Å². The fourth-order valence-corrected chi connectivity index (χ4v) is 4.58. The van der Waals surface area contributed by atoms with Crippen LogP contribution in [0.25, 0.3) is 0 Å². The minimum atomic E-state index is -0.376. The first-order valence-corrected chi connectivity index (χ1v) is 11.3. The molecular weight excluding hydrogens is 395 g/mol. The number of hydrogen-bond acceptors (Lipinski definition) is 6. The fourth-order valence-electron chi connectivity index (χ4n) is 4.58. The van der Waals surface area contributed by atoms with Crippen LogP contribution < -0.4 is 15.0 Å². The van der Waals surface area contributed by atoms with Gasteiger partial charge in [-0.05, 0) is 43.4 Å². The van der Waals surface area contributed by atoms with E-state index in [0.29, 0.717) is 37.2 Å². The lowest BCUT2D eigenvalue weighted by Gasteiger charge is -2.20. The van der Waals surface area contributed by atoms with Gasteiger partial charge in [0, 0.05) is 25.4 Å². The molecule has 0 amide bonds. The predicted molar refractivity (Wildman–Crippen MR) is 119 cm³/mol. The molecule has 4 rings (SSSR count). The molecule has 2 heterocycles. The van der Waals surface area contributed by atoms with Crippen LogP contribution in [0.3, 0.4) is 0 Å². The Morgan fingerprint density at radius 1 is 1.23 bits per heavy atom. The van der Waals surface area contributed by atoms with Gasteiger partial charge in [0.15, 0.2) is 11.6 Å². The highest BCUT2D eigenvalue weighted by Gasteiger charge is 2.29. The highest BCUT2D eigenvalue weighted by molar-refractivity contribution is 5.76. The first-order chi connectivity index (χ1) is 15.0. The second-order valence-corrected chi connectivity index (χ2v) is 8.84. The van der Waals surface area contributed by atoms with Crippen molar-refractivity contribution in [3.05, 3.63) is 42.0 Å². The summed E-state index contributed by atoms with van der Waals surface area (Å²) in [5.41, 5.74) is 1.13. The van der Waals surface area contributed by atoms with E-state index in [0.717, 1.165) is 30.6 Å². The molecule has 2 aliphatic rings. The number of ketones is 1. The number of benzene rings is 1. The molecule has 7 heteroatoms. The Morgan fingerprint density at radius 3 is 2.68 bits per heavy atom. The van der Waals surface area contributed by atoms with Crippen LogP contribution in [0.5, 0.6) is 5.75 Å². The van der Waals surface area contributed by atoms with Crippen LogP contribution in [-0.2, 0) is 4.79 Å². The highest BCUT2D eigenvalue weighted by Crippen LogP contribution is 2.29. The monoisotopic (exact) mass is 426 g/mol. The molecule has 6 nitrogen and oxygen atoms in total. The molecule has 0 bridgehead atoms. The van der Waals surface area contributed by atoms with Crippen LogP contribution in [0.2, 0.25) is 0 Å². The standard InChI is InChI=1S/C24H31FN4O2/c1-16(13-17(2)30)18-7-9-20(10-8-18)31-21-11-12-29(14-21)24-22(25)23(26-15-27-24)28-19-5-3-4-6-19/h7-10,15-16,19,21H,3-6,11-14H2,1-2H3,(H,26,27,28)/t16-,21-/m1/s1. The van der Waals surface area contributed by atoms with Crippen molar-refractivity contribution in [2.45, 2.75) is 70.4 Å². The molecule has 1 aliphatic carbocycles. The normalized spacial score (nSPS) is 20.1. The maximum absolute atomic E-state index is 15.0. The van der Waals surface area contributed by atoms with E-state index in [1.807, 2.05) is 29.2 Å². The van der Waals surface area contributed by atoms with Gasteiger partial charge in [0.1, 0.15) is 24.0 Å². The van der Waals surface area contributed by atoms with Crippen molar-refractivity contribution >= 4 is 17.4 Å². The number of carbonyl (C=O) groups excluding carboxylic acids is 1. The SMILES string of the molecule is CC(=O)C[C@@H](C)c1ccc(O[C@@H]2CCN(c3ncnc(NC4CCCC4)c3F)C2)cc1. The molecule has 31 heavy (non-hydrogen) atoms. The van der Waals surface area contributed by atoms with Crippen LogP contribution in [0.1, 0.15) is 63.9 Å². The van der Waals surface area contributed by atoms with Crippen LogP contribution in [0.15, 0.2) is 30.6 Å². The highest BCUT2D eigenvalue weighted by atomic mass is 19.1. The maximum atomic E-state index is 15.0. The second-order valence-electron chi connectivity index (χ2n) is 8.84. The molecule has 1 saturated heterocycles. The van der Waals surface area contributed by atoms with Gasteiger partial charge in [-0.1, -0.05) is 31.9 Å². The van der Waals surface area contributed by atoms with E-state index >= 15 is 4.39 Å². The third-order valence-electron chi connectivity index (χ3n) is 6.26. The van der Waals surface area contributed by atoms with Crippen LogP contribution in [0, 0.1) is 5.82 Å². The van der Waals surface area contributed by atoms with Crippen LogP contribution >= 0.6 is 0 Å². The van der Waals surface area contributed by atoms with Crippen molar-refractivity contribution in [1.29, 1.82) is 0 Å².